The van der Waals surface area contributed by atoms with Crippen LogP contribution < -0.4 is 17.0 Å². The smallest absolute Gasteiger partial charge is 0.326 e. The van der Waals surface area contributed by atoms with Gasteiger partial charge < -0.3 is 5.73 Å². The van der Waals surface area contributed by atoms with Crippen LogP contribution in [0.3, 0.4) is 0 Å². The number of hydrazine groups is 1. The Kier molecular flexibility index (Phi) is 47.7. The molecule has 2 amide bonds. The predicted molar refractivity (Wildman–Crippen MR) is 38.7 cm³/mol. The summed E-state index contributed by atoms with van der Waals surface area (Å²) in [5, 5.41) is 0. The number of amides is 2. The first-order valence-corrected chi connectivity index (χ1v) is 1.03. The van der Waals surface area contributed by atoms with Crippen molar-refractivity contribution in [2.45, 2.75) is 0 Å². The van der Waals surface area contributed by atoms with Crippen LogP contribution in [0.4, 0.5) is 4.79 Å². The summed E-state index contributed by atoms with van der Waals surface area (Å²) in [6.45, 7) is 0. The average molecular weight is 184 g/mol. The van der Waals surface area contributed by atoms with Gasteiger partial charge in [0.25, 0.3) is 0 Å². The minimum absolute atomic E-state index is 0. The predicted octanol–water partition coefficient (Wildman–Crippen LogP) is -0.206. The van der Waals surface area contributed by atoms with E-state index in [0.29, 0.717) is 0 Å². The van der Waals surface area contributed by atoms with Crippen LogP contribution in [0.1, 0.15) is 0 Å². The Balaban J connectivity index is -0.0000000267. The highest BCUT2D eigenvalue weighted by molar-refractivity contribution is 5.86. The second kappa shape index (κ2) is 15.7. The van der Waals surface area contributed by atoms with Gasteiger partial charge in [-0.2, -0.15) is 0 Å². The van der Waals surface area contributed by atoms with E-state index in [1.165, 1.54) is 0 Å². The van der Waals surface area contributed by atoms with Crippen molar-refractivity contribution in [3.63, 3.8) is 0 Å². The van der Waals surface area contributed by atoms with Crippen molar-refractivity contribution in [1.29, 1.82) is 0 Å². The SMILES string of the molecule is Cl.Cl.Cl.NNC(N)=O. The zero-order valence-corrected chi connectivity index (χ0v) is 6.24. The largest absolute Gasteiger partial charge is 0.351 e. The maximum atomic E-state index is 9.35. The molecule has 0 rings (SSSR count). The maximum absolute atomic E-state index is 9.35. The number of rotatable bonds is 0. The number of carbonyl (C=O) groups excluding carboxylic acids is 1. The number of nitrogens with two attached hydrogens (primary N) is 2. The molecule has 0 aromatic carbocycles. The lowest BCUT2D eigenvalue weighted by Gasteiger charge is -1.81. The Morgan fingerprint density at radius 3 is 1.38 bits per heavy atom. The van der Waals surface area contributed by atoms with Crippen molar-refractivity contribution < 1.29 is 4.79 Å². The standard InChI is InChI=1S/CH5N3O.3ClH/c2-1(5)4-3;;;/h3H2,(H3,2,4,5);3*1H. The van der Waals surface area contributed by atoms with E-state index in [1.807, 2.05) is 0 Å². The van der Waals surface area contributed by atoms with Crippen LogP contribution in [0.25, 0.3) is 0 Å². The van der Waals surface area contributed by atoms with Crippen LogP contribution in [0, 0.1) is 0 Å². The van der Waals surface area contributed by atoms with Crippen LogP contribution in [0.2, 0.25) is 0 Å². The quantitative estimate of drug-likeness (QED) is 0.277. The molecule has 0 radical (unpaired) electrons. The third-order valence-electron chi connectivity index (χ3n) is 0.142. The number of hydrogen-bond donors (Lipinski definition) is 3. The van der Waals surface area contributed by atoms with Crippen molar-refractivity contribution in [2.24, 2.45) is 11.6 Å². The summed E-state index contributed by atoms with van der Waals surface area (Å²) in [6.07, 6.45) is 0. The van der Waals surface area contributed by atoms with Crippen molar-refractivity contribution in [2.75, 3.05) is 0 Å². The fraction of sp³-hybridized carbons (Fsp3) is 0. The van der Waals surface area contributed by atoms with Gasteiger partial charge in [0, 0.05) is 0 Å². The number of carbonyl (C=O) groups is 1. The van der Waals surface area contributed by atoms with Gasteiger partial charge in [-0.15, -0.1) is 37.2 Å². The molecule has 4 nitrogen and oxygen atoms in total. The molecule has 0 aliphatic carbocycles. The molecular formula is CH8Cl3N3O. The minimum atomic E-state index is -0.718. The molecule has 0 atom stereocenters. The van der Waals surface area contributed by atoms with E-state index in [-0.39, 0.29) is 37.2 Å². The van der Waals surface area contributed by atoms with E-state index in [2.05, 4.69) is 11.6 Å². The molecule has 8 heavy (non-hydrogen) atoms. The zero-order valence-electron chi connectivity index (χ0n) is 3.79. The Morgan fingerprint density at radius 2 is 1.38 bits per heavy atom. The second-order valence-corrected chi connectivity index (χ2v) is 0.509. The van der Waals surface area contributed by atoms with Gasteiger partial charge in [-0.25, -0.2) is 10.6 Å². The molecule has 0 bridgehead atoms. The number of hydrogen-bond acceptors (Lipinski definition) is 2. The molecule has 54 valence electrons. The number of nitrogens with one attached hydrogen (secondary N) is 1. The summed E-state index contributed by atoms with van der Waals surface area (Å²) in [4.78, 5) is 9.35. The highest BCUT2D eigenvalue weighted by atomic mass is 35.5. The first kappa shape index (κ1) is 24.3. The Hall–Kier alpha value is 0.1000. The monoisotopic (exact) mass is 183 g/mol. The Labute approximate surface area is 65.6 Å². The highest BCUT2D eigenvalue weighted by Gasteiger charge is 1.73. The van der Waals surface area contributed by atoms with Crippen molar-refractivity contribution in [3.8, 4) is 0 Å². The van der Waals surface area contributed by atoms with Crippen LogP contribution in [0.15, 0.2) is 0 Å². The van der Waals surface area contributed by atoms with E-state index in [9.17, 15) is 4.79 Å². The van der Waals surface area contributed by atoms with Crippen LogP contribution in [-0.4, -0.2) is 6.03 Å². The van der Waals surface area contributed by atoms with Gasteiger partial charge in [0.2, 0.25) is 0 Å². The van der Waals surface area contributed by atoms with Crippen molar-refractivity contribution >= 4 is 43.3 Å². The van der Waals surface area contributed by atoms with E-state index < -0.39 is 6.03 Å². The summed E-state index contributed by atoms with van der Waals surface area (Å²) in [7, 11) is 0. The van der Waals surface area contributed by atoms with Crippen molar-refractivity contribution in [3.05, 3.63) is 0 Å². The first-order chi connectivity index (χ1) is 2.27. The lowest BCUT2D eigenvalue weighted by atomic mass is 11.2. The summed E-state index contributed by atoms with van der Waals surface area (Å²) >= 11 is 0. The van der Waals surface area contributed by atoms with Gasteiger partial charge >= 0.3 is 6.03 Å². The molecule has 0 aromatic rings. The highest BCUT2D eigenvalue weighted by Crippen LogP contribution is 1.34. The molecule has 0 aliphatic heterocycles. The van der Waals surface area contributed by atoms with Crippen LogP contribution >= 0.6 is 37.2 Å². The van der Waals surface area contributed by atoms with Gasteiger partial charge in [0.15, 0.2) is 0 Å². The van der Waals surface area contributed by atoms with E-state index >= 15 is 0 Å². The second-order valence-electron chi connectivity index (χ2n) is 0.509. The fourth-order valence-corrected chi connectivity index (χ4v) is 0. The summed E-state index contributed by atoms with van der Waals surface area (Å²) in [6, 6.07) is -0.718. The van der Waals surface area contributed by atoms with Gasteiger partial charge in [0.05, 0.1) is 0 Å². The molecule has 0 spiro atoms. The Bertz CT molecular complexity index is 49.8. The summed E-state index contributed by atoms with van der Waals surface area (Å²) in [5.41, 5.74) is 6.08. The summed E-state index contributed by atoms with van der Waals surface area (Å²) < 4.78 is 0. The van der Waals surface area contributed by atoms with Crippen LogP contribution in [0.5, 0.6) is 0 Å². The average Bonchev–Trinajstić information content (AvgIpc) is 1.38. The third-order valence-corrected chi connectivity index (χ3v) is 0.142. The third kappa shape index (κ3) is 36.0. The number of urea groups is 1. The van der Waals surface area contributed by atoms with Gasteiger partial charge in [-0.05, 0) is 0 Å². The van der Waals surface area contributed by atoms with E-state index in [0.717, 1.165) is 0 Å². The Morgan fingerprint density at radius 1 is 1.25 bits per heavy atom. The number of primary amides is 1. The van der Waals surface area contributed by atoms with Gasteiger partial charge in [0.1, 0.15) is 0 Å². The molecule has 0 aromatic heterocycles. The molecule has 0 unspecified atom stereocenters. The van der Waals surface area contributed by atoms with Crippen LogP contribution in [-0.2, 0) is 0 Å². The van der Waals surface area contributed by atoms with E-state index in [1.54, 1.807) is 5.43 Å². The van der Waals surface area contributed by atoms with E-state index in [4.69, 9.17) is 0 Å². The molecule has 7 heteroatoms. The van der Waals surface area contributed by atoms with Gasteiger partial charge in [-0.1, -0.05) is 0 Å². The van der Waals surface area contributed by atoms with Crippen molar-refractivity contribution in [1.82, 2.24) is 5.43 Å². The number of halogens is 3. The molecule has 0 aliphatic rings. The first-order valence-electron chi connectivity index (χ1n) is 1.03. The zero-order chi connectivity index (χ0) is 4.28. The molecule has 0 saturated carbocycles. The molecule has 0 saturated heterocycles. The molecule has 0 heterocycles. The molecular weight excluding hydrogens is 176 g/mol. The lowest BCUT2D eigenvalue weighted by Crippen LogP contribution is -2.34. The van der Waals surface area contributed by atoms with Gasteiger partial charge in [-0.3, -0.25) is 5.43 Å². The molecule has 5 N–H and O–H groups in total. The fourth-order valence-electron chi connectivity index (χ4n) is 0. The lowest BCUT2D eigenvalue weighted by molar-refractivity contribution is 0.249. The minimum Gasteiger partial charge on any atom is -0.351 e. The topological polar surface area (TPSA) is 81.1 Å². The normalized spacial score (nSPS) is 4.12. The summed E-state index contributed by atoms with van der Waals surface area (Å²) in [5.74, 6) is 4.45. The maximum Gasteiger partial charge on any atom is 0.326 e. The molecule has 0 fully saturated rings.